The lowest BCUT2D eigenvalue weighted by atomic mass is 10.0. The van der Waals surface area contributed by atoms with Crippen LogP contribution in [0.4, 0.5) is 4.39 Å². The van der Waals surface area contributed by atoms with Crippen molar-refractivity contribution in [3.63, 3.8) is 0 Å². The van der Waals surface area contributed by atoms with Crippen molar-refractivity contribution >= 4 is 18.3 Å². The third kappa shape index (κ3) is 2.95. The summed E-state index contributed by atoms with van der Waals surface area (Å²) >= 11 is 0. The molecule has 1 N–H and O–H groups in total. The topological polar surface area (TPSA) is 50.2 Å². The lowest BCUT2D eigenvalue weighted by Crippen LogP contribution is -2.32. The molecule has 7 heteroatoms. The second kappa shape index (κ2) is 6.91. The van der Waals surface area contributed by atoms with Crippen molar-refractivity contribution in [3.8, 4) is 5.69 Å². The summed E-state index contributed by atoms with van der Waals surface area (Å²) in [5, 5.41) is 8.00. The van der Waals surface area contributed by atoms with Crippen LogP contribution in [0.15, 0.2) is 18.2 Å². The summed E-state index contributed by atoms with van der Waals surface area (Å²) in [6, 6.07) is 5.17. The first-order valence-electron chi connectivity index (χ1n) is 9.49. The Morgan fingerprint density at radius 2 is 1.96 bits per heavy atom. The molecule has 1 aromatic heterocycles. The van der Waals surface area contributed by atoms with Gasteiger partial charge in [-0.05, 0) is 55.7 Å². The van der Waals surface area contributed by atoms with Gasteiger partial charge >= 0.3 is 0 Å². The van der Waals surface area contributed by atoms with Crippen molar-refractivity contribution in [2.24, 2.45) is 11.8 Å². The molecule has 5 rings (SSSR count). The summed E-state index contributed by atoms with van der Waals surface area (Å²) < 4.78 is 16.2. The van der Waals surface area contributed by atoms with Gasteiger partial charge in [0.25, 0.3) is 5.91 Å². The van der Waals surface area contributed by atoms with Gasteiger partial charge in [-0.25, -0.2) is 9.07 Å². The van der Waals surface area contributed by atoms with E-state index in [9.17, 15) is 9.18 Å². The number of amides is 1. The standard InChI is InChI=1S/C20H23FN4O.ClH/c1-12-5-6-18(16(21)7-12)25-17-4-2-3-15(17)19(23-25)20(26)24-10-13-8-22-9-14(13)11-24;/h5-7,13-14,22H,2-4,8-11H2,1H3;1H/t13-,14+;. The SMILES string of the molecule is Cc1ccc(-n2nc(C(=O)N3C[C@H]4CNC[C@H]4C3)c3c2CCC3)c(F)c1.Cl. The van der Waals surface area contributed by atoms with E-state index in [0.717, 1.165) is 62.3 Å². The van der Waals surface area contributed by atoms with Crippen molar-refractivity contribution < 1.29 is 9.18 Å². The summed E-state index contributed by atoms with van der Waals surface area (Å²) in [4.78, 5) is 15.1. The summed E-state index contributed by atoms with van der Waals surface area (Å²) in [5.74, 6) is 0.846. The molecule has 2 fully saturated rings. The smallest absolute Gasteiger partial charge is 0.274 e. The fraction of sp³-hybridized carbons (Fsp3) is 0.500. The molecule has 144 valence electrons. The highest BCUT2D eigenvalue weighted by molar-refractivity contribution is 5.94. The van der Waals surface area contributed by atoms with Crippen molar-refractivity contribution in [2.45, 2.75) is 26.2 Å². The van der Waals surface area contributed by atoms with Gasteiger partial charge in [0.15, 0.2) is 5.69 Å². The Morgan fingerprint density at radius 3 is 2.67 bits per heavy atom. The number of aryl methyl sites for hydroxylation is 1. The minimum absolute atomic E-state index is 0. The minimum Gasteiger partial charge on any atom is -0.337 e. The monoisotopic (exact) mass is 390 g/mol. The first-order valence-corrected chi connectivity index (χ1v) is 9.49. The molecular formula is C20H24ClFN4O. The molecule has 0 unspecified atom stereocenters. The summed E-state index contributed by atoms with van der Waals surface area (Å²) in [6.07, 6.45) is 2.69. The quantitative estimate of drug-likeness (QED) is 0.857. The Bertz CT molecular complexity index is 884. The molecule has 5 nitrogen and oxygen atoms in total. The summed E-state index contributed by atoms with van der Waals surface area (Å²) in [5.41, 5.74) is 3.87. The number of fused-ring (bicyclic) bond motifs is 2. The number of carbonyl (C=O) groups is 1. The maximum atomic E-state index is 14.5. The van der Waals surface area contributed by atoms with E-state index in [1.807, 2.05) is 17.9 Å². The van der Waals surface area contributed by atoms with E-state index in [1.165, 1.54) is 6.07 Å². The zero-order chi connectivity index (χ0) is 17.8. The van der Waals surface area contributed by atoms with E-state index in [-0.39, 0.29) is 24.1 Å². The molecule has 1 aromatic carbocycles. The van der Waals surface area contributed by atoms with E-state index in [4.69, 9.17) is 0 Å². The number of benzene rings is 1. The van der Waals surface area contributed by atoms with Gasteiger partial charge in [-0.1, -0.05) is 6.07 Å². The van der Waals surface area contributed by atoms with Crippen molar-refractivity contribution in [3.05, 3.63) is 46.5 Å². The van der Waals surface area contributed by atoms with Crippen LogP contribution in [0.1, 0.15) is 33.7 Å². The molecule has 2 saturated heterocycles. The number of likely N-dealkylation sites (tertiary alicyclic amines) is 1. The predicted octanol–water partition coefficient (Wildman–Crippen LogP) is 2.52. The lowest BCUT2D eigenvalue weighted by molar-refractivity contribution is 0.0774. The normalized spacial score (nSPS) is 23.3. The first-order chi connectivity index (χ1) is 12.6. The Morgan fingerprint density at radius 1 is 1.22 bits per heavy atom. The highest BCUT2D eigenvalue weighted by atomic mass is 35.5. The van der Waals surface area contributed by atoms with Crippen LogP contribution in [0.25, 0.3) is 5.69 Å². The van der Waals surface area contributed by atoms with E-state index in [1.54, 1.807) is 10.7 Å². The lowest BCUT2D eigenvalue weighted by Gasteiger charge is -2.16. The second-order valence-corrected chi connectivity index (χ2v) is 7.88. The average molecular weight is 391 g/mol. The molecule has 1 amide bonds. The number of hydrogen-bond donors (Lipinski definition) is 1. The van der Waals surface area contributed by atoms with E-state index >= 15 is 0 Å². The third-order valence-electron chi connectivity index (χ3n) is 6.14. The van der Waals surface area contributed by atoms with Crippen LogP contribution in [0.2, 0.25) is 0 Å². The third-order valence-corrected chi connectivity index (χ3v) is 6.14. The maximum absolute atomic E-state index is 14.5. The summed E-state index contributed by atoms with van der Waals surface area (Å²) in [6.45, 7) is 5.47. The average Bonchev–Trinajstić information content (AvgIpc) is 3.35. The van der Waals surface area contributed by atoms with Gasteiger partial charge in [0.05, 0.1) is 0 Å². The van der Waals surface area contributed by atoms with Gasteiger partial charge in [0.2, 0.25) is 0 Å². The molecule has 2 atom stereocenters. The Labute approximate surface area is 164 Å². The summed E-state index contributed by atoms with van der Waals surface area (Å²) in [7, 11) is 0. The molecule has 27 heavy (non-hydrogen) atoms. The molecule has 0 saturated carbocycles. The maximum Gasteiger partial charge on any atom is 0.274 e. The number of aromatic nitrogens is 2. The van der Waals surface area contributed by atoms with Gasteiger partial charge in [-0.2, -0.15) is 5.10 Å². The second-order valence-electron chi connectivity index (χ2n) is 7.88. The van der Waals surface area contributed by atoms with Crippen LogP contribution in [0, 0.1) is 24.6 Å². The molecule has 1 aliphatic carbocycles. The minimum atomic E-state index is -0.289. The van der Waals surface area contributed by atoms with Crippen LogP contribution in [0.5, 0.6) is 0 Å². The highest BCUT2D eigenvalue weighted by Crippen LogP contribution is 2.32. The molecule has 3 heterocycles. The van der Waals surface area contributed by atoms with Crippen molar-refractivity contribution in [2.75, 3.05) is 26.2 Å². The zero-order valence-corrected chi connectivity index (χ0v) is 16.2. The van der Waals surface area contributed by atoms with Gasteiger partial charge < -0.3 is 10.2 Å². The van der Waals surface area contributed by atoms with E-state index in [2.05, 4.69) is 10.4 Å². The molecule has 0 bridgehead atoms. The number of halogens is 2. The number of hydrogen-bond acceptors (Lipinski definition) is 3. The Kier molecular flexibility index (Phi) is 4.72. The zero-order valence-electron chi connectivity index (χ0n) is 15.4. The number of nitrogens with zero attached hydrogens (tertiary/aromatic N) is 3. The Hall–Kier alpha value is -1.92. The van der Waals surface area contributed by atoms with Crippen molar-refractivity contribution in [1.29, 1.82) is 0 Å². The van der Waals surface area contributed by atoms with Crippen LogP contribution < -0.4 is 5.32 Å². The van der Waals surface area contributed by atoms with Gasteiger partial charge in [-0.3, -0.25) is 4.79 Å². The van der Waals surface area contributed by atoms with Crippen LogP contribution in [-0.2, 0) is 12.8 Å². The fourth-order valence-electron chi connectivity index (χ4n) is 4.76. The highest BCUT2D eigenvalue weighted by Gasteiger charge is 2.40. The Balaban J connectivity index is 0.00000180. The molecule has 2 aromatic rings. The fourth-order valence-corrected chi connectivity index (χ4v) is 4.76. The van der Waals surface area contributed by atoms with Crippen molar-refractivity contribution in [1.82, 2.24) is 20.0 Å². The molecule has 2 aliphatic heterocycles. The number of nitrogens with one attached hydrogen (secondary N) is 1. The van der Waals surface area contributed by atoms with E-state index in [0.29, 0.717) is 23.2 Å². The van der Waals surface area contributed by atoms with Gasteiger partial charge in [-0.15, -0.1) is 12.4 Å². The van der Waals surface area contributed by atoms with Gasteiger partial charge in [0, 0.05) is 37.4 Å². The van der Waals surface area contributed by atoms with Crippen LogP contribution >= 0.6 is 12.4 Å². The van der Waals surface area contributed by atoms with Crippen LogP contribution in [0.3, 0.4) is 0 Å². The molecule has 0 radical (unpaired) electrons. The largest absolute Gasteiger partial charge is 0.337 e. The first kappa shape index (κ1) is 18.4. The number of rotatable bonds is 2. The van der Waals surface area contributed by atoms with Crippen LogP contribution in [-0.4, -0.2) is 46.8 Å². The molecule has 0 spiro atoms. The molecule has 3 aliphatic rings. The predicted molar refractivity (Wildman–Crippen MR) is 103 cm³/mol. The van der Waals surface area contributed by atoms with E-state index < -0.39 is 0 Å². The number of carbonyl (C=O) groups excluding carboxylic acids is 1. The molecular weight excluding hydrogens is 367 g/mol. The van der Waals surface area contributed by atoms with Gasteiger partial charge in [0.1, 0.15) is 11.5 Å².